The summed E-state index contributed by atoms with van der Waals surface area (Å²) in [6, 6.07) is 0. The van der Waals surface area contributed by atoms with Gasteiger partial charge in [-0.05, 0) is 25.7 Å². The lowest BCUT2D eigenvalue weighted by Crippen LogP contribution is -2.38. The van der Waals surface area contributed by atoms with E-state index in [1.165, 1.54) is 12.8 Å². The first-order chi connectivity index (χ1) is 6.18. The van der Waals surface area contributed by atoms with Crippen LogP contribution in [-0.4, -0.2) is 29.0 Å². The van der Waals surface area contributed by atoms with Crippen LogP contribution in [0.4, 0.5) is 0 Å². The largest absolute Gasteiger partial charge is 0.354 e. The van der Waals surface area contributed by atoms with Crippen molar-refractivity contribution in [2.45, 2.75) is 36.5 Å². The Bertz CT molecular complexity index is 206. The van der Waals surface area contributed by atoms with E-state index in [1.54, 1.807) is 11.8 Å². The maximum absolute atomic E-state index is 10.9. The number of hydrogen-bond donors (Lipinski definition) is 2. The number of carbonyl (C=O) groups excluding carboxylic acids is 1. The van der Waals surface area contributed by atoms with E-state index in [0.717, 1.165) is 19.4 Å². The van der Waals surface area contributed by atoms with Crippen molar-refractivity contribution in [1.29, 1.82) is 0 Å². The zero-order valence-corrected chi connectivity index (χ0v) is 8.53. The zero-order chi connectivity index (χ0) is 9.31. The monoisotopic (exact) mass is 200 g/mol. The highest BCUT2D eigenvalue weighted by Gasteiger charge is 2.38. The summed E-state index contributed by atoms with van der Waals surface area (Å²) in [5.74, 6) is 0.803. The predicted octanol–water partition coefficient (Wildman–Crippen LogP) is 0.489. The fourth-order valence-corrected chi connectivity index (χ4v) is 2.55. The van der Waals surface area contributed by atoms with E-state index in [4.69, 9.17) is 5.73 Å². The number of carbonyl (C=O) groups is 1. The second kappa shape index (κ2) is 3.50. The molecule has 1 unspecified atom stereocenters. The molecule has 13 heavy (non-hydrogen) atoms. The van der Waals surface area contributed by atoms with Gasteiger partial charge >= 0.3 is 0 Å². The molecule has 0 aromatic heterocycles. The third-order valence-electron chi connectivity index (χ3n) is 2.83. The summed E-state index contributed by atoms with van der Waals surface area (Å²) in [4.78, 5) is 10.9. The summed E-state index contributed by atoms with van der Waals surface area (Å²) in [6.07, 6.45) is 4.66. The fraction of sp³-hybridized carbons (Fsp3) is 0.889. The minimum absolute atomic E-state index is 0.169. The molecule has 2 aliphatic rings. The average Bonchev–Trinajstić information content (AvgIpc) is 2.84. The summed E-state index contributed by atoms with van der Waals surface area (Å²) >= 11 is 1.77. The van der Waals surface area contributed by atoms with Gasteiger partial charge in [0.15, 0.2) is 0 Å². The van der Waals surface area contributed by atoms with Crippen molar-refractivity contribution in [3.05, 3.63) is 0 Å². The van der Waals surface area contributed by atoms with Gasteiger partial charge in [-0.1, -0.05) is 0 Å². The number of amides is 1. The molecule has 2 fully saturated rings. The number of rotatable bonds is 3. The molecule has 1 aliphatic heterocycles. The molecule has 0 aromatic rings. The molecular formula is C9H16N2OS. The highest BCUT2D eigenvalue weighted by molar-refractivity contribution is 8.00. The molecule has 1 saturated carbocycles. The molecule has 1 heterocycles. The van der Waals surface area contributed by atoms with E-state index < -0.39 is 0 Å². The third-order valence-corrected chi connectivity index (χ3v) is 4.14. The highest BCUT2D eigenvalue weighted by atomic mass is 32.2. The molecule has 0 spiro atoms. The van der Waals surface area contributed by atoms with Gasteiger partial charge < -0.3 is 11.1 Å². The van der Waals surface area contributed by atoms with Gasteiger partial charge in [0.2, 0.25) is 5.91 Å². The summed E-state index contributed by atoms with van der Waals surface area (Å²) < 4.78 is 0. The van der Waals surface area contributed by atoms with Gasteiger partial charge in [0.05, 0.1) is 5.75 Å². The van der Waals surface area contributed by atoms with Gasteiger partial charge in [0.1, 0.15) is 0 Å². The third kappa shape index (κ3) is 2.61. The first-order valence-corrected chi connectivity index (χ1v) is 5.90. The molecule has 2 rings (SSSR count). The summed E-state index contributed by atoms with van der Waals surface area (Å²) in [5, 5.41) is 3.48. The zero-order valence-electron chi connectivity index (χ0n) is 7.71. The van der Waals surface area contributed by atoms with E-state index in [9.17, 15) is 4.79 Å². The number of hydrogen-bond acceptors (Lipinski definition) is 3. The van der Waals surface area contributed by atoms with E-state index in [0.29, 0.717) is 11.0 Å². The molecule has 0 bridgehead atoms. The average molecular weight is 200 g/mol. The van der Waals surface area contributed by atoms with Crippen molar-refractivity contribution < 1.29 is 4.79 Å². The van der Waals surface area contributed by atoms with Gasteiger partial charge in [-0.15, -0.1) is 11.8 Å². The van der Waals surface area contributed by atoms with Gasteiger partial charge in [-0.3, -0.25) is 4.79 Å². The van der Waals surface area contributed by atoms with Crippen molar-refractivity contribution in [2.75, 3.05) is 12.3 Å². The van der Waals surface area contributed by atoms with Gasteiger partial charge in [0, 0.05) is 17.3 Å². The van der Waals surface area contributed by atoms with Crippen molar-refractivity contribution >= 4 is 17.7 Å². The molecule has 3 nitrogen and oxygen atoms in total. The van der Waals surface area contributed by atoms with Crippen LogP contribution in [0.3, 0.4) is 0 Å². The van der Waals surface area contributed by atoms with Crippen LogP contribution in [0.25, 0.3) is 0 Å². The van der Waals surface area contributed by atoms with E-state index >= 15 is 0 Å². The standard InChI is InChI=1S/C9H16N2OS/c10-9(3-4-9)2-1-7-5-11-8(12)6-13-7/h7H,1-6,10H2,(H,11,12). The van der Waals surface area contributed by atoms with Crippen LogP contribution in [-0.2, 0) is 4.79 Å². The summed E-state index contributed by atoms with van der Waals surface area (Å²) in [6.45, 7) is 0.833. The number of nitrogens with two attached hydrogens (primary N) is 1. The smallest absolute Gasteiger partial charge is 0.230 e. The Kier molecular flexibility index (Phi) is 2.51. The first-order valence-electron chi connectivity index (χ1n) is 4.85. The molecule has 74 valence electrons. The lowest BCUT2D eigenvalue weighted by molar-refractivity contribution is -0.118. The second-order valence-corrected chi connectivity index (χ2v) is 5.43. The van der Waals surface area contributed by atoms with E-state index in [1.807, 2.05) is 0 Å². The van der Waals surface area contributed by atoms with Gasteiger partial charge in [0.25, 0.3) is 0 Å². The van der Waals surface area contributed by atoms with Gasteiger partial charge in [-0.25, -0.2) is 0 Å². The van der Waals surface area contributed by atoms with Crippen LogP contribution in [0.15, 0.2) is 0 Å². The van der Waals surface area contributed by atoms with Crippen molar-refractivity contribution in [3.8, 4) is 0 Å². The lowest BCUT2D eigenvalue weighted by Gasteiger charge is -2.23. The minimum atomic E-state index is 0.169. The molecule has 1 atom stereocenters. The molecule has 4 heteroatoms. The van der Waals surface area contributed by atoms with Crippen LogP contribution in [0.1, 0.15) is 25.7 Å². The van der Waals surface area contributed by atoms with Gasteiger partial charge in [-0.2, -0.15) is 0 Å². The molecule has 1 aliphatic carbocycles. The van der Waals surface area contributed by atoms with Crippen molar-refractivity contribution in [1.82, 2.24) is 5.32 Å². The van der Waals surface area contributed by atoms with Crippen LogP contribution in [0.5, 0.6) is 0 Å². The van der Waals surface area contributed by atoms with E-state index in [2.05, 4.69) is 5.32 Å². The summed E-state index contributed by atoms with van der Waals surface area (Å²) in [5.41, 5.74) is 6.16. The lowest BCUT2D eigenvalue weighted by atomic mass is 10.1. The Hall–Kier alpha value is -0.220. The Morgan fingerprint density at radius 1 is 1.62 bits per heavy atom. The van der Waals surface area contributed by atoms with Crippen molar-refractivity contribution in [2.24, 2.45) is 5.73 Å². The molecule has 3 N–H and O–H groups in total. The fourth-order valence-electron chi connectivity index (χ4n) is 1.58. The maximum atomic E-state index is 10.9. The quantitative estimate of drug-likeness (QED) is 0.697. The van der Waals surface area contributed by atoms with E-state index in [-0.39, 0.29) is 11.4 Å². The van der Waals surface area contributed by atoms with Crippen molar-refractivity contribution in [3.63, 3.8) is 0 Å². The van der Waals surface area contributed by atoms with Crippen LogP contribution in [0.2, 0.25) is 0 Å². The van der Waals surface area contributed by atoms with Crippen LogP contribution < -0.4 is 11.1 Å². The maximum Gasteiger partial charge on any atom is 0.230 e. The first kappa shape index (κ1) is 9.34. The molecule has 0 aromatic carbocycles. The second-order valence-electron chi connectivity index (χ2n) is 4.14. The van der Waals surface area contributed by atoms with Crippen LogP contribution >= 0.6 is 11.8 Å². The normalized spacial score (nSPS) is 31.2. The molecule has 1 saturated heterocycles. The Morgan fingerprint density at radius 3 is 2.92 bits per heavy atom. The summed E-state index contributed by atoms with van der Waals surface area (Å²) in [7, 11) is 0. The highest BCUT2D eigenvalue weighted by Crippen LogP contribution is 2.38. The number of thioether (sulfide) groups is 1. The number of nitrogens with one attached hydrogen (secondary N) is 1. The Balaban J connectivity index is 1.67. The Labute approximate surface area is 82.8 Å². The SMILES string of the molecule is NC1(CCC2CNC(=O)CS2)CC1. The topological polar surface area (TPSA) is 55.1 Å². The Morgan fingerprint density at radius 2 is 2.38 bits per heavy atom. The predicted molar refractivity (Wildman–Crippen MR) is 54.6 cm³/mol. The minimum Gasteiger partial charge on any atom is -0.354 e. The molecule has 1 amide bonds. The molecule has 0 radical (unpaired) electrons. The van der Waals surface area contributed by atoms with Crippen LogP contribution in [0, 0.1) is 0 Å². The molecular weight excluding hydrogens is 184 g/mol.